The van der Waals surface area contributed by atoms with Gasteiger partial charge in [-0.05, 0) is 43.9 Å². The molecule has 0 heterocycles. The average Bonchev–Trinajstić information content (AvgIpc) is 2.92. The largest absolute Gasteiger partial charge is 0.481 e. The minimum Gasteiger partial charge on any atom is -0.481 e. The van der Waals surface area contributed by atoms with Crippen LogP contribution >= 0.6 is 0 Å². The van der Waals surface area contributed by atoms with Gasteiger partial charge in [-0.25, -0.2) is 0 Å². The average molecular weight is 355 g/mol. The summed E-state index contributed by atoms with van der Waals surface area (Å²) < 4.78 is 0. The molecule has 2 unspecified atom stereocenters. The Balaban J connectivity index is 2.29. The third kappa shape index (κ3) is 8.87. The summed E-state index contributed by atoms with van der Waals surface area (Å²) in [5.74, 6) is -0.319. The molecular formula is C21H38O4. The molecule has 1 aliphatic rings. The van der Waals surface area contributed by atoms with Gasteiger partial charge in [0, 0.05) is 0 Å². The smallest absolute Gasteiger partial charge is 0.306 e. The number of carboxylic acids is 1. The second-order valence-electron chi connectivity index (χ2n) is 7.80. The van der Waals surface area contributed by atoms with Crippen LogP contribution in [0.5, 0.6) is 0 Å². The van der Waals surface area contributed by atoms with Crippen molar-refractivity contribution < 1.29 is 20.1 Å². The number of hydrogen-bond donors (Lipinski definition) is 3. The van der Waals surface area contributed by atoms with E-state index in [1.54, 1.807) is 6.92 Å². The number of allylic oxidation sites excluding steroid dienone is 1. The highest BCUT2D eigenvalue weighted by Gasteiger charge is 2.32. The van der Waals surface area contributed by atoms with Crippen molar-refractivity contribution in [3.8, 4) is 0 Å². The first kappa shape index (κ1) is 22.2. The third-order valence-electron chi connectivity index (χ3n) is 5.62. The summed E-state index contributed by atoms with van der Waals surface area (Å²) in [6.07, 6.45) is 14.3. The van der Waals surface area contributed by atoms with Crippen LogP contribution in [0, 0.1) is 17.8 Å². The lowest BCUT2D eigenvalue weighted by atomic mass is 9.88. The van der Waals surface area contributed by atoms with Gasteiger partial charge in [-0.2, -0.15) is 0 Å². The van der Waals surface area contributed by atoms with Crippen molar-refractivity contribution in [3.63, 3.8) is 0 Å². The molecule has 0 aromatic rings. The van der Waals surface area contributed by atoms with Crippen LogP contribution in [-0.4, -0.2) is 33.5 Å². The molecule has 3 N–H and O–H groups in total. The molecule has 1 fully saturated rings. The van der Waals surface area contributed by atoms with E-state index in [2.05, 4.69) is 13.0 Å². The van der Waals surface area contributed by atoms with Gasteiger partial charge in [0.15, 0.2) is 0 Å². The Kier molecular flexibility index (Phi) is 11.1. The van der Waals surface area contributed by atoms with Crippen LogP contribution in [0.3, 0.4) is 0 Å². The van der Waals surface area contributed by atoms with Crippen molar-refractivity contribution in [1.82, 2.24) is 0 Å². The molecular weight excluding hydrogens is 316 g/mol. The van der Waals surface area contributed by atoms with Crippen molar-refractivity contribution in [2.45, 2.75) is 96.7 Å². The van der Waals surface area contributed by atoms with Crippen LogP contribution in [0.4, 0.5) is 0 Å². The zero-order valence-electron chi connectivity index (χ0n) is 16.1. The highest BCUT2D eigenvalue weighted by molar-refractivity contribution is 5.69. The first-order valence-corrected chi connectivity index (χ1v) is 10.2. The summed E-state index contributed by atoms with van der Waals surface area (Å²) >= 11 is 0. The van der Waals surface area contributed by atoms with Gasteiger partial charge in [0.25, 0.3) is 0 Å². The zero-order valence-corrected chi connectivity index (χ0v) is 16.1. The Morgan fingerprint density at radius 3 is 2.52 bits per heavy atom. The molecule has 4 heteroatoms. The molecule has 1 rings (SSSR count). The molecule has 5 atom stereocenters. The summed E-state index contributed by atoms with van der Waals surface area (Å²) in [6, 6.07) is 0. The Labute approximate surface area is 153 Å². The van der Waals surface area contributed by atoms with Crippen molar-refractivity contribution in [2.75, 3.05) is 0 Å². The van der Waals surface area contributed by atoms with Crippen LogP contribution in [0.15, 0.2) is 12.2 Å². The number of aliphatic carboxylic acids is 1. The standard InChI is InChI=1S/C21H38O4/c1-3-4-6-10-18(22)14-12-17-13-15-20(23)19(17)11-8-5-7-9-16(2)21(24)25/h12,14,16-20,22-23H,3-11,13,15H2,1-2H3,(H,24,25)/t16?,17-,18?,19+,20-/m0/s1. The minimum absolute atomic E-state index is 0.232. The number of aliphatic hydroxyl groups excluding tert-OH is 2. The highest BCUT2D eigenvalue weighted by Crippen LogP contribution is 2.37. The third-order valence-corrected chi connectivity index (χ3v) is 5.62. The number of carbonyl (C=O) groups is 1. The van der Waals surface area contributed by atoms with E-state index in [-0.39, 0.29) is 24.0 Å². The van der Waals surface area contributed by atoms with Crippen molar-refractivity contribution in [2.24, 2.45) is 17.8 Å². The molecule has 0 aromatic carbocycles. The highest BCUT2D eigenvalue weighted by atomic mass is 16.4. The molecule has 0 amide bonds. The maximum Gasteiger partial charge on any atom is 0.306 e. The SMILES string of the molecule is CCCCCC(O)C=C[C@H]1CC[C@H](O)[C@@H]1CCCCCC(C)C(=O)O. The van der Waals surface area contributed by atoms with Crippen LogP contribution in [0.1, 0.15) is 84.5 Å². The maximum atomic E-state index is 10.8. The fraction of sp³-hybridized carbons (Fsp3) is 0.857. The van der Waals surface area contributed by atoms with Crippen LogP contribution < -0.4 is 0 Å². The lowest BCUT2D eigenvalue weighted by molar-refractivity contribution is -0.141. The van der Waals surface area contributed by atoms with Crippen molar-refractivity contribution >= 4 is 5.97 Å². The fourth-order valence-corrected chi connectivity index (χ4v) is 3.82. The molecule has 25 heavy (non-hydrogen) atoms. The van der Waals surface area contributed by atoms with E-state index in [1.807, 2.05) is 6.08 Å². The van der Waals surface area contributed by atoms with E-state index < -0.39 is 5.97 Å². The molecule has 1 saturated carbocycles. The fourth-order valence-electron chi connectivity index (χ4n) is 3.82. The van der Waals surface area contributed by atoms with E-state index >= 15 is 0 Å². The van der Waals surface area contributed by atoms with Crippen molar-refractivity contribution in [1.29, 1.82) is 0 Å². The predicted octanol–water partition coefficient (Wildman–Crippen LogP) is 4.54. The van der Waals surface area contributed by atoms with E-state index in [9.17, 15) is 15.0 Å². The van der Waals surface area contributed by atoms with Gasteiger partial charge in [-0.3, -0.25) is 4.79 Å². The van der Waals surface area contributed by atoms with E-state index in [0.717, 1.165) is 64.2 Å². The summed E-state index contributed by atoms with van der Waals surface area (Å²) in [5, 5.41) is 29.2. The van der Waals surface area contributed by atoms with Crippen LogP contribution in [-0.2, 0) is 4.79 Å². The van der Waals surface area contributed by atoms with Crippen molar-refractivity contribution in [3.05, 3.63) is 12.2 Å². The predicted molar refractivity (Wildman–Crippen MR) is 101 cm³/mol. The monoisotopic (exact) mass is 354 g/mol. The Morgan fingerprint density at radius 2 is 1.84 bits per heavy atom. The second-order valence-corrected chi connectivity index (χ2v) is 7.80. The van der Waals surface area contributed by atoms with Gasteiger partial charge in [0.2, 0.25) is 0 Å². The quantitative estimate of drug-likeness (QED) is 0.335. The topological polar surface area (TPSA) is 77.8 Å². The minimum atomic E-state index is -0.714. The lowest BCUT2D eigenvalue weighted by Gasteiger charge is -2.20. The first-order chi connectivity index (χ1) is 12.0. The summed E-state index contributed by atoms with van der Waals surface area (Å²) in [4.78, 5) is 10.8. The van der Waals surface area contributed by atoms with Gasteiger partial charge >= 0.3 is 5.97 Å². The van der Waals surface area contributed by atoms with Crippen LogP contribution in [0.2, 0.25) is 0 Å². The van der Waals surface area contributed by atoms with E-state index in [1.165, 1.54) is 6.42 Å². The van der Waals surface area contributed by atoms with Gasteiger partial charge in [0.05, 0.1) is 18.1 Å². The molecule has 0 aliphatic heterocycles. The number of rotatable bonds is 13. The molecule has 146 valence electrons. The molecule has 0 aromatic heterocycles. The molecule has 4 nitrogen and oxygen atoms in total. The number of aliphatic hydroxyl groups is 2. The molecule has 0 bridgehead atoms. The van der Waals surface area contributed by atoms with E-state index in [0.29, 0.717) is 5.92 Å². The van der Waals surface area contributed by atoms with E-state index in [4.69, 9.17) is 5.11 Å². The Morgan fingerprint density at radius 1 is 1.12 bits per heavy atom. The Hall–Kier alpha value is -0.870. The van der Waals surface area contributed by atoms with Gasteiger partial charge in [-0.15, -0.1) is 0 Å². The number of hydrogen-bond acceptors (Lipinski definition) is 3. The van der Waals surface area contributed by atoms with Crippen LogP contribution in [0.25, 0.3) is 0 Å². The molecule has 0 spiro atoms. The summed E-state index contributed by atoms with van der Waals surface area (Å²) in [7, 11) is 0. The second kappa shape index (κ2) is 12.5. The summed E-state index contributed by atoms with van der Waals surface area (Å²) in [6.45, 7) is 3.92. The Bertz CT molecular complexity index is 393. The molecule has 0 saturated heterocycles. The maximum absolute atomic E-state index is 10.8. The zero-order chi connectivity index (χ0) is 18.7. The molecule has 0 radical (unpaired) electrons. The number of unbranched alkanes of at least 4 members (excludes halogenated alkanes) is 4. The first-order valence-electron chi connectivity index (χ1n) is 10.2. The van der Waals surface area contributed by atoms with Gasteiger partial charge < -0.3 is 15.3 Å². The van der Waals surface area contributed by atoms with Gasteiger partial charge in [-0.1, -0.05) is 64.5 Å². The normalized spacial score (nSPS) is 26.2. The lowest BCUT2D eigenvalue weighted by Crippen LogP contribution is -2.18. The molecule has 1 aliphatic carbocycles. The number of carboxylic acid groups (broad SMARTS) is 1. The van der Waals surface area contributed by atoms with Gasteiger partial charge in [0.1, 0.15) is 0 Å². The summed E-state index contributed by atoms with van der Waals surface area (Å²) in [5.41, 5.74) is 0.